The first-order valence-corrected chi connectivity index (χ1v) is 5.46. The third-order valence-electron chi connectivity index (χ3n) is 2.73. The molecule has 2 rings (SSSR count). The van der Waals surface area contributed by atoms with Crippen LogP contribution in [0, 0.1) is 12.8 Å². The summed E-state index contributed by atoms with van der Waals surface area (Å²) >= 11 is 0. The zero-order valence-electron chi connectivity index (χ0n) is 9.86. The number of hydrogen-bond acceptors (Lipinski definition) is 4. The average molecular weight is 237 g/mol. The molecule has 2 heterocycles. The molecule has 1 unspecified atom stereocenters. The molecule has 1 aromatic rings. The molecule has 7 nitrogen and oxygen atoms in total. The Morgan fingerprint density at radius 2 is 2.35 bits per heavy atom. The van der Waals surface area contributed by atoms with Gasteiger partial charge in [-0.1, -0.05) is 0 Å². The minimum absolute atomic E-state index is 0.0502. The van der Waals surface area contributed by atoms with E-state index in [2.05, 4.69) is 20.5 Å². The normalized spacial score (nSPS) is 19.2. The molecule has 1 saturated heterocycles. The quantitative estimate of drug-likeness (QED) is 0.720. The summed E-state index contributed by atoms with van der Waals surface area (Å²) in [5, 5.41) is 9.34. The van der Waals surface area contributed by atoms with Gasteiger partial charge in [0.2, 0.25) is 11.8 Å². The second-order valence-electron chi connectivity index (χ2n) is 4.24. The molecule has 1 aliphatic heterocycles. The van der Waals surface area contributed by atoms with Crippen molar-refractivity contribution in [2.24, 2.45) is 5.92 Å². The van der Waals surface area contributed by atoms with Gasteiger partial charge in [0.15, 0.2) is 5.82 Å². The Hall–Kier alpha value is -1.92. The topological polar surface area (TPSA) is 91.0 Å². The molecule has 2 N–H and O–H groups in total. The number of hydrogen-bond donors (Lipinski definition) is 2. The van der Waals surface area contributed by atoms with E-state index in [1.54, 1.807) is 18.9 Å². The number of amides is 2. The van der Waals surface area contributed by atoms with Gasteiger partial charge in [0.1, 0.15) is 5.82 Å². The van der Waals surface area contributed by atoms with Crippen molar-refractivity contribution in [1.82, 2.24) is 25.4 Å². The van der Waals surface area contributed by atoms with Gasteiger partial charge in [-0.15, -0.1) is 0 Å². The SMILES string of the molecule is Cc1nc(CN(C)C(=O)C2CNC(=O)C2)n[nH]1. The third kappa shape index (κ3) is 2.61. The molecule has 0 radical (unpaired) electrons. The highest BCUT2D eigenvalue weighted by atomic mass is 16.2. The molecule has 0 aromatic carbocycles. The van der Waals surface area contributed by atoms with Gasteiger partial charge in [-0.05, 0) is 6.92 Å². The fraction of sp³-hybridized carbons (Fsp3) is 0.600. The Bertz CT molecular complexity index is 442. The van der Waals surface area contributed by atoms with Gasteiger partial charge in [-0.3, -0.25) is 14.7 Å². The Balaban J connectivity index is 1.93. The van der Waals surface area contributed by atoms with Crippen molar-refractivity contribution in [2.45, 2.75) is 19.9 Å². The molecule has 0 aliphatic carbocycles. The lowest BCUT2D eigenvalue weighted by Gasteiger charge is -2.18. The summed E-state index contributed by atoms with van der Waals surface area (Å²) < 4.78 is 0. The Morgan fingerprint density at radius 3 is 2.88 bits per heavy atom. The van der Waals surface area contributed by atoms with Crippen molar-refractivity contribution in [1.29, 1.82) is 0 Å². The van der Waals surface area contributed by atoms with Gasteiger partial charge >= 0.3 is 0 Å². The maximum Gasteiger partial charge on any atom is 0.228 e. The first kappa shape index (κ1) is 11.6. The predicted octanol–water partition coefficient (Wildman–Crippen LogP) is -0.792. The van der Waals surface area contributed by atoms with Gasteiger partial charge in [-0.2, -0.15) is 5.10 Å². The minimum Gasteiger partial charge on any atom is -0.355 e. The fourth-order valence-electron chi connectivity index (χ4n) is 1.84. The van der Waals surface area contributed by atoms with Gasteiger partial charge < -0.3 is 10.2 Å². The molecule has 17 heavy (non-hydrogen) atoms. The molecule has 0 bridgehead atoms. The molecule has 7 heteroatoms. The molecule has 1 atom stereocenters. The van der Waals surface area contributed by atoms with Crippen molar-refractivity contribution >= 4 is 11.8 Å². The number of aromatic amines is 1. The lowest BCUT2D eigenvalue weighted by atomic mass is 10.1. The highest BCUT2D eigenvalue weighted by molar-refractivity contribution is 5.89. The molecule has 1 aromatic heterocycles. The molecular weight excluding hydrogens is 222 g/mol. The fourth-order valence-corrected chi connectivity index (χ4v) is 1.84. The number of aromatic nitrogens is 3. The molecule has 1 fully saturated rings. The highest BCUT2D eigenvalue weighted by Crippen LogP contribution is 2.12. The number of rotatable bonds is 3. The summed E-state index contributed by atoms with van der Waals surface area (Å²) in [6.45, 7) is 2.58. The Morgan fingerprint density at radius 1 is 1.59 bits per heavy atom. The number of H-pyrrole nitrogens is 1. The van der Waals surface area contributed by atoms with E-state index in [0.29, 0.717) is 18.9 Å². The Kier molecular flexibility index (Phi) is 3.08. The van der Waals surface area contributed by atoms with Gasteiger partial charge in [-0.25, -0.2) is 4.98 Å². The van der Waals surface area contributed by atoms with Gasteiger partial charge in [0.25, 0.3) is 0 Å². The average Bonchev–Trinajstić information content (AvgIpc) is 2.87. The summed E-state index contributed by atoms with van der Waals surface area (Å²) in [7, 11) is 1.69. The van der Waals surface area contributed by atoms with E-state index in [4.69, 9.17) is 0 Å². The smallest absolute Gasteiger partial charge is 0.228 e. The second-order valence-corrected chi connectivity index (χ2v) is 4.24. The predicted molar refractivity (Wildman–Crippen MR) is 58.7 cm³/mol. The van der Waals surface area contributed by atoms with Crippen molar-refractivity contribution in [2.75, 3.05) is 13.6 Å². The van der Waals surface area contributed by atoms with E-state index < -0.39 is 0 Å². The monoisotopic (exact) mass is 237 g/mol. The van der Waals surface area contributed by atoms with Crippen LogP contribution in [0.4, 0.5) is 0 Å². The maximum atomic E-state index is 12.0. The van der Waals surface area contributed by atoms with E-state index in [9.17, 15) is 9.59 Å². The van der Waals surface area contributed by atoms with Crippen molar-refractivity contribution in [3.8, 4) is 0 Å². The van der Waals surface area contributed by atoms with Crippen molar-refractivity contribution in [3.05, 3.63) is 11.6 Å². The highest BCUT2D eigenvalue weighted by Gasteiger charge is 2.30. The molecule has 0 spiro atoms. The van der Waals surface area contributed by atoms with Gasteiger partial charge in [0.05, 0.1) is 12.5 Å². The van der Waals surface area contributed by atoms with Crippen LogP contribution in [-0.2, 0) is 16.1 Å². The number of nitrogens with zero attached hydrogens (tertiary/aromatic N) is 3. The number of carbonyl (C=O) groups excluding carboxylic acids is 2. The molecule has 1 aliphatic rings. The lowest BCUT2D eigenvalue weighted by Crippen LogP contribution is -2.33. The van der Waals surface area contributed by atoms with Crippen LogP contribution >= 0.6 is 0 Å². The van der Waals surface area contributed by atoms with Crippen LogP contribution < -0.4 is 5.32 Å². The largest absolute Gasteiger partial charge is 0.355 e. The van der Waals surface area contributed by atoms with Crippen LogP contribution in [0.5, 0.6) is 0 Å². The van der Waals surface area contributed by atoms with Crippen LogP contribution in [-0.4, -0.2) is 45.5 Å². The van der Waals surface area contributed by atoms with E-state index >= 15 is 0 Å². The number of carbonyl (C=O) groups is 2. The van der Waals surface area contributed by atoms with Crippen LogP contribution in [0.15, 0.2) is 0 Å². The summed E-state index contributed by atoms with van der Waals surface area (Å²) in [5.74, 6) is 0.929. The first-order chi connectivity index (χ1) is 8.06. The van der Waals surface area contributed by atoms with Gasteiger partial charge in [0, 0.05) is 20.0 Å². The summed E-state index contributed by atoms with van der Waals surface area (Å²) in [6, 6.07) is 0. The minimum atomic E-state index is -0.257. The molecule has 92 valence electrons. The number of aryl methyl sites for hydroxylation is 1. The van der Waals surface area contributed by atoms with Crippen molar-refractivity contribution in [3.63, 3.8) is 0 Å². The van der Waals surface area contributed by atoms with E-state index in [1.165, 1.54) is 0 Å². The second kappa shape index (κ2) is 4.52. The first-order valence-electron chi connectivity index (χ1n) is 5.46. The zero-order chi connectivity index (χ0) is 12.4. The Labute approximate surface area is 98.6 Å². The van der Waals surface area contributed by atoms with E-state index in [0.717, 1.165) is 5.82 Å². The van der Waals surface area contributed by atoms with E-state index in [-0.39, 0.29) is 24.2 Å². The summed E-state index contributed by atoms with van der Waals surface area (Å²) in [5.41, 5.74) is 0. The zero-order valence-corrected chi connectivity index (χ0v) is 9.86. The van der Waals surface area contributed by atoms with Crippen LogP contribution in [0.25, 0.3) is 0 Å². The van der Waals surface area contributed by atoms with Crippen molar-refractivity contribution < 1.29 is 9.59 Å². The van der Waals surface area contributed by atoms with Crippen LogP contribution in [0.1, 0.15) is 18.1 Å². The summed E-state index contributed by atoms with van der Waals surface area (Å²) in [4.78, 5) is 28.7. The molecular formula is C10H15N5O2. The summed E-state index contributed by atoms with van der Waals surface area (Å²) in [6.07, 6.45) is 0.274. The molecule has 2 amide bonds. The maximum absolute atomic E-state index is 12.0. The van der Waals surface area contributed by atoms with Crippen LogP contribution in [0.3, 0.4) is 0 Å². The molecule has 0 saturated carbocycles. The third-order valence-corrected chi connectivity index (χ3v) is 2.73. The lowest BCUT2D eigenvalue weighted by molar-refractivity contribution is -0.135. The number of nitrogens with one attached hydrogen (secondary N) is 2. The van der Waals surface area contributed by atoms with Crippen LogP contribution in [0.2, 0.25) is 0 Å². The standard InChI is InChI=1S/C10H15N5O2/c1-6-12-8(14-13-6)5-15(2)10(17)7-3-9(16)11-4-7/h7H,3-5H2,1-2H3,(H,11,16)(H,12,13,14). The van der Waals surface area contributed by atoms with E-state index in [1.807, 2.05) is 0 Å².